The van der Waals surface area contributed by atoms with Gasteiger partial charge in [0.25, 0.3) is 11.5 Å². The van der Waals surface area contributed by atoms with E-state index in [9.17, 15) is 9.59 Å². The quantitative estimate of drug-likeness (QED) is 0.280. The molecule has 0 radical (unpaired) electrons. The van der Waals surface area contributed by atoms with Gasteiger partial charge in [0.05, 0.1) is 14.2 Å². The Bertz CT molecular complexity index is 1380. The predicted octanol–water partition coefficient (Wildman–Crippen LogP) is 4.07. The number of fused-ring (bicyclic) bond motifs is 1. The number of benzene rings is 3. The molecule has 0 unspecified atom stereocenters. The number of hydrogen-bond donors (Lipinski definition) is 3. The van der Waals surface area contributed by atoms with Crippen molar-refractivity contribution in [2.24, 2.45) is 0 Å². The maximum absolute atomic E-state index is 12.7. The first-order valence-electron chi connectivity index (χ1n) is 10.0. The Morgan fingerprint density at radius 2 is 1.82 bits per heavy atom. The van der Waals surface area contributed by atoms with Crippen molar-refractivity contribution < 1.29 is 14.3 Å². The van der Waals surface area contributed by atoms with Gasteiger partial charge in [0.15, 0.2) is 22.5 Å². The van der Waals surface area contributed by atoms with E-state index in [4.69, 9.17) is 15.2 Å². The highest BCUT2D eigenvalue weighted by atomic mass is 32.2. The smallest absolute Gasteiger partial charge is 0.277 e. The van der Waals surface area contributed by atoms with Crippen LogP contribution in [0.5, 0.6) is 11.5 Å². The van der Waals surface area contributed by atoms with Crippen molar-refractivity contribution in [2.75, 3.05) is 25.3 Å². The minimum atomic E-state index is -0.531. The zero-order valence-corrected chi connectivity index (χ0v) is 18.9. The number of ether oxygens (including phenoxy) is 2. The molecule has 168 valence electrons. The van der Waals surface area contributed by atoms with Gasteiger partial charge in [-0.1, -0.05) is 54.2 Å². The number of amides is 1. The number of rotatable bonds is 7. The fraction of sp³-hybridized carbons (Fsp3) is 0.125. The number of nitrogen functional groups attached to an aromatic ring is 1. The SMILES string of the molecule is COc1ccc(C(=O)Nc2c(N)nc(SCc3cccc4ccccc34)[nH]c2=O)cc1OC. The molecule has 0 aliphatic carbocycles. The molecule has 0 saturated carbocycles. The summed E-state index contributed by atoms with van der Waals surface area (Å²) in [5, 5.41) is 5.19. The maximum Gasteiger partial charge on any atom is 0.277 e. The number of methoxy groups -OCH3 is 2. The summed E-state index contributed by atoms with van der Waals surface area (Å²) in [6.07, 6.45) is 0. The zero-order chi connectivity index (χ0) is 23.4. The molecule has 33 heavy (non-hydrogen) atoms. The van der Waals surface area contributed by atoms with E-state index < -0.39 is 11.5 Å². The Hall–Kier alpha value is -3.98. The molecular formula is C24H22N4O4S. The van der Waals surface area contributed by atoms with Crippen LogP contribution in [0.25, 0.3) is 10.8 Å². The third kappa shape index (κ3) is 4.78. The topological polar surface area (TPSA) is 119 Å². The van der Waals surface area contributed by atoms with Gasteiger partial charge in [0, 0.05) is 11.3 Å². The summed E-state index contributed by atoms with van der Waals surface area (Å²) in [6, 6.07) is 18.9. The van der Waals surface area contributed by atoms with Crippen molar-refractivity contribution >= 4 is 39.9 Å². The molecule has 1 aromatic heterocycles. The molecule has 0 bridgehead atoms. The first kappa shape index (κ1) is 22.2. The van der Waals surface area contributed by atoms with Crippen LogP contribution < -0.4 is 26.1 Å². The van der Waals surface area contributed by atoms with Crippen LogP contribution in [0.1, 0.15) is 15.9 Å². The van der Waals surface area contributed by atoms with Crippen LogP contribution in [0.3, 0.4) is 0 Å². The maximum atomic E-state index is 12.7. The number of H-pyrrole nitrogens is 1. The van der Waals surface area contributed by atoms with E-state index in [1.807, 2.05) is 24.3 Å². The summed E-state index contributed by atoms with van der Waals surface area (Å²) in [5.74, 6) is 0.895. The fourth-order valence-corrected chi connectivity index (χ4v) is 4.26. The number of aromatic nitrogens is 2. The minimum Gasteiger partial charge on any atom is -0.493 e. The summed E-state index contributed by atoms with van der Waals surface area (Å²) in [6.45, 7) is 0. The van der Waals surface area contributed by atoms with Gasteiger partial charge >= 0.3 is 0 Å². The Morgan fingerprint density at radius 1 is 1.06 bits per heavy atom. The van der Waals surface area contributed by atoms with E-state index in [1.165, 1.54) is 32.0 Å². The van der Waals surface area contributed by atoms with Crippen molar-refractivity contribution in [3.8, 4) is 11.5 Å². The predicted molar refractivity (Wildman–Crippen MR) is 130 cm³/mol. The summed E-state index contributed by atoms with van der Waals surface area (Å²) in [4.78, 5) is 32.2. The average Bonchev–Trinajstić information content (AvgIpc) is 2.84. The van der Waals surface area contributed by atoms with Crippen LogP contribution in [-0.4, -0.2) is 30.1 Å². The van der Waals surface area contributed by atoms with E-state index in [0.29, 0.717) is 22.4 Å². The van der Waals surface area contributed by atoms with E-state index >= 15 is 0 Å². The molecule has 0 fully saturated rings. The number of nitrogens with two attached hydrogens (primary N) is 1. The Kier molecular flexibility index (Phi) is 6.50. The van der Waals surface area contributed by atoms with Gasteiger partial charge in [-0.3, -0.25) is 14.6 Å². The Morgan fingerprint density at radius 3 is 2.58 bits per heavy atom. The fourth-order valence-electron chi connectivity index (χ4n) is 3.39. The number of thioether (sulfide) groups is 1. The monoisotopic (exact) mass is 462 g/mol. The molecular weight excluding hydrogens is 440 g/mol. The molecule has 1 amide bonds. The molecule has 0 saturated heterocycles. The third-order valence-corrected chi connectivity index (χ3v) is 5.98. The Labute approximate surface area is 194 Å². The number of aromatic amines is 1. The first-order chi connectivity index (χ1) is 16.0. The third-order valence-electron chi connectivity index (χ3n) is 5.05. The van der Waals surface area contributed by atoms with Crippen LogP contribution >= 0.6 is 11.8 Å². The summed E-state index contributed by atoms with van der Waals surface area (Å²) >= 11 is 1.36. The lowest BCUT2D eigenvalue weighted by Crippen LogP contribution is -2.23. The van der Waals surface area contributed by atoms with Gasteiger partial charge in [-0.15, -0.1) is 0 Å². The first-order valence-corrected chi connectivity index (χ1v) is 11.0. The number of carbonyl (C=O) groups excluding carboxylic acids is 1. The van der Waals surface area contributed by atoms with Gasteiger partial charge in [0.1, 0.15) is 5.69 Å². The van der Waals surface area contributed by atoms with Gasteiger partial charge in [-0.05, 0) is 34.5 Å². The van der Waals surface area contributed by atoms with Crippen LogP contribution in [0.2, 0.25) is 0 Å². The summed E-state index contributed by atoms with van der Waals surface area (Å²) in [5.41, 5.74) is 6.76. The van der Waals surface area contributed by atoms with E-state index in [1.54, 1.807) is 12.1 Å². The number of nitrogens with one attached hydrogen (secondary N) is 2. The van der Waals surface area contributed by atoms with Crippen molar-refractivity contribution in [1.82, 2.24) is 9.97 Å². The van der Waals surface area contributed by atoms with Crippen LogP contribution in [-0.2, 0) is 5.75 Å². The zero-order valence-electron chi connectivity index (χ0n) is 18.0. The minimum absolute atomic E-state index is 0.0620. The van der Waals surface area contributed by atoms with E-state index in [0.717, 1.165) is 16.3 Å². The number of carbonyl (C=O) groups is 1. The van der Waals surface area contributed by atoms with Gasteiger partial charge < -0.3 is 20.5 Å². The molecule has 0 atom stereocenters. The average molecular weight is 463 g/mol. The van der Waals surface area contributed by atoms with Crippen LogP contribution in [0.4, 0.5) is 11.5 Å². The standard InChI is InChI=1S/C24H22N4O4S/c1-31-18-11-10-15(12-19(18)32-2)22(29)26-20-21(25)27-24(28-23(20)30)33-13-16-8-5-7-14-6-3-4-9-17(14)16/h3-12H,13H2,1-2H3,(H,26,29)(H3,25,27,28,30). The van der Waals surface area contributed by atoms with Crippen molar-refractivity contribution in [3.63, 3.8) is 0 Å². The van der Waals surface area contributed by atoms with Gasteiger partial charge in [-0.2, -0.15) is 0 Å². The Balaban J connectivity index is 1.51. The second-order valence-electron chi connectivity index (χ2n) is 7.08. The van der Waals surface area contributed by atoms with E-state index in [2.05, 4.69) is 33.5 Å². The van der Waals surface area contributed by atoms with Gasteiger partial charge in [0.2, 0.25) is 0 Å². The molecule has 1 heterocycles. The van der Waals surface area contributed by atoms with Crippen molar-refractivity contribution in [3.05, 3.63) is 82.1 Å². The number of nitrogens with zero attached hydrogens (tertiary/aromatic N) is 1. The molecule has 4 aromatic rings. The molecule has 0 aliphatic rings. The lowest BCUT2D eigenvalue weighted by molar-refractivity contribution is 0.102. The summed E-state index contributed by atoms with van der Waals surface area (Å²) < 4.78 is 10.4. The van der Waals surface area contributed by atoms with Crippen LogP contribution in [0, 0.1) is 0 Å². The lowest BCUT2D eigenvalue weighted by atomic mass is 10.1. The second-order valence-corrected chi connectivity index (χ2v) is 8.05. The van der Waals surface area contributed by atoms with E-state index in [-0.39, 0.29) is 17.1 Å². The molecule has 3 aromatic carbocycles. The highest BCUT2D eigenvalue weighted by Gasteiger charge is 2.16. The second kappa shape index (κ2) is 9.66. The van der Waals surface area contributed by atoms with Gasteiger partial charge in [-0.25, -0.2) is 4.98 Å². The molecule has 8 nitrogen and oxygen atoms in total. The van der Waals surface area contributed by atoms with Crippen molar-refractivity contribution in [1.29, 1.82) is 0 Å². The largest absolute Gasteiger partial charge is 0.493 e. The normalized spacial score (nSPS) is 10.7. The highest BCUT2D eigenvalue weighted by molar-refractivity contribution is 7.98. The molecule has 4 rings (SSSR count). The molecule has 9 heteroatoms. The highest BCUT2D eigenvalue weighted by Crippen LogP contribution is 2.29. The van der Waals surface area contributed by atoms with Crippen molar-refractivity contribution in [2.45, 2.75) is 10.9 Å². The summed E-state index contributed by atoms with van der Waals surface area (Å²) in [7, 11) is 2.98. The molecule has 4 N–H and O–H groups in total. The molecule has 0 spiro atoms. The van der Waals surface area contributed by atoms with Crippen LogP contribution in [0.15, 0.2) is 70.6 Å². The number of hydrogen-bond acceptors (Lipinski definition) is 7. The molecule has 0 aliphatic heterocycles. The number of anilines is 2. The lowest BCUT2D eigenvalue weighted by Gasteiger charge is -2.11.